The summed E-state index contributed by atoms with van der Waals surface area (Å²) >= 11 is 0. The van der Waals surface area contributed by atoms with Crippen molar-refractivity contribution in [3.05, 3.63) is 34.7 Å². The van der Waals surface area contributed by atoms with Crippen LogP contribution in [-0.2, 0) is 4.79 Å². The highest BCUT2D eigenvalue weighted by Gasteiger charge is 2.09. The van der Waals surface area contributed by atoms with Gasteiger partial charge in [-0.15, -0.1) is 0 Å². The fourth-order valence-electron chi connectivity index (χ4n) is 2.16. The molecular formula is C15H18N2O3. The molecule has 2 aromatic rings. The highest BCUT2D eigenvalue weighted by molar-refractivity contribution is 5.91. The molecule has 2 rings (SSSR count). The number of nitrogens with one attached hydrogen (secondary N) is 1. The van der Waals surface area contributed by atoms with E-state index in [1.54, 1.807) is 6.07 Å². The van der Waals surface area contributed by atoms with Crippen LogP contribution in [0, 0.1) is 0 Å². The molecule has 5 heteroatoms. The second-order valence-corrected chi connectivity index (χ2v) is 4.52. The third-order valence-electron chi connectivity index (χ3n) is 3.16. The standard InChI is InChI=1S/C15H18N2O3/c1-4-17(5-2)12-7-6-11-8-13(16-10(3)18)15(19)20-14(11)9-12/h6-9H,4-5H2,1-3H3,(H,16,18). The zero-order chi connectivity index (χ0) is 14.7. The van der Waals surface area contributed by atoms with Gasteiger partial charge in [0.2, 0.25) is 5.91 Å². The molecule has 0 aliphatic rings. The van der Waals surface area contributed by atoms with Gasteiger partial charge < -0.3 is 14.6 Å². The molecule has 0 bridgehead atoms. The summed E-state index contributed by atoms with van der Waals surface area (Å²) in [4.78, 5) is 25.0. The Morgan fingerprint density at radius 1 is 1.25 bits per heavy atom. The highest BCUT2D eigenvalue weighted by Crippen LogP contribution is 2.22. The number of benzene rings is 1. The number of rotatable bonds is 4. The lowest BCUT2D eigenvalue weighted by Crippen LogP contribution is -2.21. The average molecular weight is 274 g/mol. The van der Waals surface area contributed by atoms with Crippen molar-refractivity contribution in [1.82, 2.24) is 0 Å². The van der Waals surface area contributed by atoms with Crippen LogP contribution in [0.3, 0.4) is 0 Å². The van der Waals surface area contributed by atoms with Gasteiger partial charge in [-0.2, -0.15) is 0 Å². The maximum absolute atomic E-state index is 11.8. The van der Waals surface area contributed by atoms with E-state index in [4.69, 9.17) is 4.42 Å². The first-order valence-electron chi connectivity index (χ1n) is 6.65. The van der Waals surface area contributed by atoms with E-state index in [1.165, 1.54) is 6.92 Å². The number of amides is 1. The first-order valence-corrected chi connectivity index (χ1v) is 6.65. The number of carbonyl (C=O) groups excluding carboxylic acids is 1. The Labute approximate surface area is 117 Å². The van der Waals surface area contributed by atoms with E-state index in [2.05, 4.69) is 24.1 Å². The molecule has 1 heterocycles. The van der Waals surface area contributed by atoms with Crippen LogP contribution in [0.5, 0.6) is 0 Å². The van der Waals surface area contributed by atoms with Gasteiger partial charge in [0, 0.05) is 37.2 Å². The van der Waals surface area contributed by atoms with Gasteiger partial charge in [-0.1, -0.05) is 0 Å². The molecule has 1 aromatic carbocycles. The van der Waals surface area contributed by atoms with Crippen molar-refractivity contribution in [1.29, 1.82) is 0 Å². The second kappa shape index (κ2) is 5.77. The first-order chi connectivity index (χ1) is 9.55. The van der Waals surface area contributed by atoms with Crippen LogP contribution in [0.2, 0.25) is 0 Å². The predicted molar refractivity (Wildman–Crippen MR) is 80.3 cm³/mol. The van der Waals surface area contributed by atoms with E-state index in [9.17, 15) is 9.59 Å². The molecule has 0 saturated carbocycles. The quantitative estimate of drug-likeness (QED) is 0.870. The van der Waals surface area contributed by atoms with Gasteiger partial charge in [-0.05, 0) is 32.0 Å². The van der Waals surface area contributed by atoms with E-state index >= 15 is 0 Å². The lowest BCUT2D eigenvalue weighted by Gasteiger charge is -2.21. The molecule has 1 N–H and O–H groups in total. The minimum Gasteiger partial charge on any atom is -0.421 e. The number of nitrogens with zero attached hydrogens (tertiary/aromatic N) is 1. The van der Waals surface area contributed by atoms with E-state index in [1.807, 2.05) is 18.2 Å². The van der Waals surface area contributed by atoms with Crippen molar-refractivity contribution < 1.29 is 9.21 Å². The van der Waals surface area contributed by atoms with Gasteiger partial charge in [0.25, 0.3) is 0 Å². The van der Waals surface area contributed by atoms with E-state index in [-0.39, 0.29) is 11.6 Å². The summed E-state index contributed by atoms with van der Waals surface area (Å²) < 4.78 is 5.28. The number of hydrogen-bond donors (Lipinski definition) is 1. The van der Waals surface area contributed by atoms with Crippen LogP contribution in [0.4, 0.5) is 11.4 Å². The zero-order valence-electron chi connectivity index (χ0n) is 11.9. The van der Waals surface area contributed by atoms with Crippen LogP contribution in [0.25, 0.3) is 11.0 Å². The molecule has 0 saturated heterocycles. The summed E-state index contributed by atoms with van der Waals surface area (Å²) in [6.45, 7) is 7.27. The monoisotopic (exact) mass is 274 g/mol. The molecule has 0 radical (unpaired) electrons. The number of anilines is 2. The predicted octanol–water partition coefficient (Wildman–Crippen LogP) is 2.60. The third kappa shape index (κ3) is 2.82. The summed E-state index contributed by atoms with van der Waals surface area (Å²) in [6.07, 6.45) is 0. The maximum Gasteiger partial charge on any atom is 0.360 e. The van der Waals surface area contributed by atoms with E-state index in [0.717, 1.165) is 24.2 Å². The minimum absolute atomic E-state index is 0.167. The van der Waals surface area contributed by atoms with E-state index in [0.29, 0.717) is 5.58 Å². The van der Waals surface area contributed by atoms with Gasteiger partial charge in [0.1, 0.15) is 11.3 Å². The molecule has 0 spiro atoms. The molecule has 0 aliphatic carbocycles. The van der Waals surface area contributed by atoms with Crippen molar-refractivity contribution in [3.63, 3.8) is 0 Å². The Kier molecular flexibility index (Phi) is 4.08. The summed E-state index contributed by atoms with van der Waals surface area (Å²) in [5.74, 6) is -0.295. The molecule has 0 aliphatic heterocycles. The Hall–Kier alpha value is -2.30. The first kappa shape index (κ1) is 14.1. The molecule has 106 valence electrons. The largest absolute Gasteiger partial charge is 0.421 e. The van der Waals surface area contributed by atoms with E-state index < -0.39 is 5.63 Å². The normalized spacial score (nSPS) is 10.6. The molecular weight excluding hydrogens is 256 g/mol. The Balaban J connectivity index is 2.50. The van der Waals surface area contributed by atoms with Crippen LogP contribution >= 0.6 is 0 Å². The number of fused-ring (bicyclic) bond motifs is 1. The SMILES string of the molecule is CCN(CC)c1ccc2cc(NC(C)=O)c(=O)oc2c1. The molecule has 0 unspecified atom stereocenters. The minimum atomic E-state index is -0.538. The Morgan fingerprint density at radius 3 is 2.55 bits per heavy atom. The Bertz CT molecular complexity index is 687. The van der Waals surface area contributed by atoms with Crippen molar-refractivity contribution in [2.75, 3.05) is 23.3 Å². The maximum atomic E-state index is 11.8. The van der Waals surface area contributed by atoms with Gasteiger partial charge in [0.05, 0.1) is 0 Å². The van der Waals surface area contributed by atoms with Crippen molar-refractivity contribution in [2.24, 2.45) is 0 Å². The molecule has 5 nitrogen and oxygen atoms in total. The van der Waals surface area contributed by atoms with Gasteiger partial charge >= 0.3 is 5.63 Å². The topological polar surface area (TPSA) is 62.6 Å². The molecule has 0 atom stereocenters. The lowest BCUT2D eigenvalue weighted by molar-refractivity contribution is -0.114. The van der Waals surface area contributed by atoms with Crippen LogP contribution < -0.4 is 15.8 Å². The van der Waals surface area contributed by atoms with Crippen molar-refractivity contribution >= 4 is 28.3 Å². The summed E-state index contributed by atoms with van der Waals surface area (Å²) in [6, 6.07) is 7.35. The van der Waals surface area contributed by atoms with Crippen LogP contribution in [0.15, 0.2) is 33.5 Å². The number of hydrogen-bond acceptors (Lipinski definition) is 4. The second-order valence-electron chi connectivity index (χ2n) is 4.52. The molecule has 1 aromatic heterocycles. The lowest BCUT2D eigenvalue weighted by atomic mass is 10.2. The molecule has 1 amide bonds. The van der Waals surface area contributed by atoms with Crippen molar-refractivity contribution in [3.8, 4) is 0 Å². The highest BCUT2D eigenvalue weighted by atomic mass is 16.4. The average Bonchev–Trinajstić information content (AvgIpc) is 2.40. The summed E-state index contributed by atoms with van der Waals surface area (Å²) in [5, 5.41) is 3.25. The summed E-state index contributed by atoms with van der Waals surface area (Å²) in [7, 11) is 0. The van der Waals surface area contributed by atoms with Crippen LogP contribution in [-0.4, -0.2) is 19.0 Å². The van der Waals surface area contributed by atoms with Gasteiger partial charge in [-0.25, -0.2) is 4.79 Å². The zero-order valence-corrected chi connectivity index (χ0v) is 11.9. The van der Waals surface area contributed by atoms with Crippen LogP contribution in [0.1, 0.15) is 20.8 Å². The molecule has 20 heavy (non-hydrogen) atoms. The fraction of sp³-hybridized carbons (Fsp3) is 0.333. The van der Waals surface area contributed by atoms with Crippen molar-refractivity contribution in [2.45, 2.75) is 20.8 Å². The number of carbonyl (C=O) groups is 1. The third-order valence-corrected chi connectivity index (χ3v) is 3.16. The fourth-order valence-corrected chi connectivity index (χ4v) is 2.16. The van der Waals surface area contributed by atoms with Gasteiger partial charge in [0.15, 0.2) is 0 Å². The summed E-state index contributed by atoms with van der Waals surface area (Å²) in [5.41, 5.74) is 1.16. The smallest absolute Gasteiger partial charge is 0.360 e. The molecule has 0 fully saturated rings. The Morgan fingerprint density at radius 2 is 1.95 bits per heavy atom. The van der Waals surface area contributed by atoms with Gasteiger partial charge in [-0.3, -0.25) is 4.79 Å².